The van der Waals surface area contributed by atoms with Crippen molar-refractivity contribution in [3.8, 4) is 0 Å². The number of hydrazine groups is 1. The van der Waals surface area contributed by atoms with E-state index in [0.29, 0.717) is 0 Å². The van der Waals surface area contributed by atoms with Crippen LogP contribution >= 0.6 is 0 Å². The van der Waals surface area contributed by atoms with Crippen molar-refractivity contribution >= 4 is 12.0 Å². The van der Waals surface area contributed by atoms with Gasteiger partial charge in [0.1, 0.15) is 12.3 Å². The van der Waals surface area contributed by atoms with Gasteiger partial charge in [-0.2, -0.15) is 0 Å². The highest BCUT2D eigenvalue weighted by molar-refractivity contribution is 5.71. The fraction of sp³-hybridized carbons (Fsp3) is 0.308. The maximum atomic E-state index is 11.0. The van der Waals surface area contributed by atoms with Gasteiger partial charge in [-0.05, 0) is 50.1 Å². The maximum absolute atomic E-state index is 11.0. The molecule has 1 aromatic carbocycles. The van der Waals surface area contributed by atoms with Crippen LogP contribution in [0.25, 0.3) is 0 Å². The van der Waals surface area contributed by atoms with E-state index in [2.05, 4.69) is 37.5 Å². The van der Waals surface area contributed by atoms with Crippen LogP contribution in [0.3, 0.4) is 0 Å². The number of carbonyl (C=O) groups is 1. The molecule has 0 amide bonds. The van der Waals surface area contributed by atoms with Crippen LogP contribution in [-0.2, 0) is 4.79 Å². The molecule has 84 valence electrons. The van der Waals surface area contributed by atoms with Crippen LogP contribution in [0.1, 0.15) is 18.1 Å². The third-order valence-corrected chi connectivity index (χ3v) is 2.64. The molecule has 1 unspecified atom stereocenters. The first-order valence-electron chi connectivity index (χ1n) is 5.38. The van der Waals surface area contributed by atoms with E-state index in [9.17, 15) is 4.79 Å². The van der Waals surface area contributed by atoms with E-state index in [0.717, 1.165) is 17.7 Å². The van der Waals surface area contributed by atoms with Gasteiger partial charge in [0.05, 0.1) is 5.69 Å². The Balaban J connectivity index is 2.34. The van der Waals surface area contributed by atoms with Crippen LogP contribution in [0, 0.1) is 13.8 Å². The second kappa shape index (κ2) is 4.00. The summed E-state index contributed by atoms with van der Waals surface area (Å²) in [7, 11) is 0. The smallest absolute Gasteiger partial charge is 0.148 e. The van der Waals surface area contributed by atoms with Gasteiger partial charge < -0.3 is 10.2 Å². The van der Waals surface area contributed by atoms with Crippen LogP contribution in [-0.4, -0.2) is 12.3 Å². The van der Waals surface area contributed by atoms with Gasteiger partial charge in [0.2, 0.25) is 0 Å². The summed E-state index contributed by atoms with van der Waals surface area (Å²) in [4.78, 5) is 11.0. The minimum atomic E-state index is -0.207. The SMILES string of the molecule is CC1=CC(C=O)N(c2cc(C)cc(C)c2)N1. The van der Waals surface area contributed by atoms with Crippen LogP contribution < -0.4 is 10.4 Å². The molecule has 0 bridgehead atoms. The molecule has 16 heavy (non-hydrogen) atoms. The highest BCUT2D eigenvalue weighted by atomic mass is 16.1. The average molecular weight is 216 g/mol. The number of nitrogens with one attached hydrogen (secondary N) is 1. The van der Waals surface area contributed by atoms with E-state index < -0.39 is 0 Å². The van der Waals surface area contributed by atoms with Crippen molar-refractivity contribution in [2.75, 3.05) is 5.01 Å². The molecule has 0 saturated carbocycles. The number of benzene rings is 1. The van der Waals surface area contributed by atoms with E-state index in [1.165, 1.54) is 11.1 Å². The second-order valence-corrected chi connectivity index (χ2v) is 4.30. The molecule has 0 saturated heterocycles. The van der Waals surface area contributed by atoms with Crippen molar-refractivity contribution < 1.29 is 4.79 Å². The topological polar surface area (TPSA) is 32.3 Å². The van der Waals surface area contributed by atoms with Gasteiger partial charge in [-0.3, -0.25) is 5.01 Å². The number of allylic oxidation sites excluding steroid dienone is 1. The molecule has 0 aliphatic carbocycles. The zero-order chi connectivity index (χ0) is 11.7. The lowest BCUT2D eigenvalue weighted by Crippen LogP contribution is -2.39. The highest BCUT2D eigenvalue weighted by Crippen LogP contribution is 2.22. The number of hydrogen-bond donors (Lipinski definition) is 1. The largest absolute Gasteiger partial charge is 0.302 e. The Hall–Kier alpha value is -1.77. The summed E-state index contributed by atoms with van der Waals surface area (Å²) < 4.78 is 0. The number of carbonyl (C=O) groups excluding carboxylic acids is 1. The van der Waals surface area contributed by atoms with Crippen LogP contribution in [0.2, 0.25) is 0 Å². The normalized spacial score (nSPS) is 19.3. The molecule has 3 heteroatoms. The number of aryl methyl sites for hydroxylation is 2. The van der Waals surface area contributed by atoms with Gasteiger partial charge in [-0.25, -0.2) is 0 Å². The predicted octanol–water partition coefficient (Wildman–Crippen LogP) is 2.10. The number of aldehydes is 1. The third kappa shape index (κ3) is 1.94. The lowest BCUT2D eigenvalue weighted by Gasteiger charge is -2.24. The van der Waals surface area contributed by atoms with Crippen molar-refractivity contribution in [3.05, 3.63) is 41.1 Å². The standard InChI is InChI=1S/C13H16N2O/c1-9-4-10(2)6-12(5-9)15-13(8-16)7-11(3)14-15/h4-8,13-14H,1-3H3. The Morgan fingerprint density at radius 3 is 2.38 bits per heavy atom. The van der Waals surface area contributed by atoms with E-state index >= 15 is 0 Å². The molecular formula is C13H16N2O. The van der Waals surface area contributed by atoms with Crippen molar-refractivity contribution in [2.45, 2.75) is 26.8 Å². The summed E-state index contributed by atoms with van der Waals surface area (Å²) in [5, 5.41) is 1.89. The lowest BCUT2D eigenvalue weighted by atomic mass is 10.1. The first-order valence-corrected chi connectivity index (χ1v) is 5.38. The van der Waals surface area contributed by atoms with Crippen molar-refractivity contribution in [1.29, 1.82) is 0 Å². The van der Waals surface area contributed by atoms with E-state index in [4.69, 9.17) is 0 Å². The van der Waals surface area contributed by atoms with Crippen molar-refractivity contribution in [3.63, 3.8) is 0 Å². The zero-order valence-corrected chi connectivity index (χ0v) is 9.82. The molecule has 1 aliphatic heterocycles. The van der Waals surface area contributed by atoms with Gasteiger partial charge in [0, 0.05) is 5.70 Å². The Kier molecular flexibility index (Phi) is 2.69. The molecule has 0 fully saturated rings. The molecule has 0 radical (unpaired) electrons. The monoisotopic (exact) mass is 216 g/mol. The molecule has 1 heterocycles. The third-order valence-electron chi connectivity index (χ3n) is 2.64. The van der Waals surface area contributed by atoms with Crippen molar-refractivity contribution in [1.82, 2.24) is 5.43 Å². The molecule has 1 aromatic rings. The van der Waals surface area contributed by atoms with Crippen molar-refractivity contribution in [2.24, 2.45) is 0 Å². The minimum absolute atomic E-state index is 0.207. The van der Waals surface area contributed by atoms with E-state index in [-0.39, 0.29) is 6.04 Å². The van der Waals surface area contributed by atoms with E-state index in [1.807, 2.05) is 18.0 Å². The average Bonchev–Trinajstić information content (AvgIpc) is 2.58. The zero-order valence-electron chi connectivity index (χ0n) is 9.82. The van der Waals surface area contributed by atoms with Gasteiger partial charge in [-0.1, -0.05) is 6.07 Å². The van der Waals surface area contributed by atoms with Crippen LogP contribution in [0.4, 0.5) is 5.69 Å². The summed E-state index contributed by atoms with van der Waals surface area (Å²) in [5.41, 5.74) is 7.63. The highest BCUT2D eigenvalue weighted by Gasteiger charge is 2.22. The van der Waals surface area contributed by atoms with Gasteiger partial charge in [0.15, 0.2) is 0 Å². The summed E-state index contributed by atoms with van der Waals surface area (Å²) >= 11 is 0. The molecule has 0 spiro atoms. The first-order chi connectivity index (χ1) is 7.60. The summed E-state index contributed by atoms with van der Waals surface area (Å²) in [6.45, 7) is 6.07. The first kappa shape index (κ1) is 10.7. The Morgan fingerprint density at radius 1 is 1.19 bits per heavy atom. The second-order valence-electron chi connectivity index (χ2n) is 4.30. The lowest BCUT2D eigenvalue weighted by molar-refractivity contribution is -0.108. The maximum Gasteiger partial charge on any atom is 0.148 e. The Bertz CT molecular complexity index is 431. The van der Waals surface area contributed by atoms with Gasteiger partial charge >= 0.3 is 0 Å². The Labute approximate surface area is 95.7 Å². The van der Waals surface area contributed by atoms with Gasteiger partial charge in [0.25, 0.3) is 0 Å². The summed E-state index contributed by atoms with van der Waals surface area (Å²) in [5.74, 6) is 0. The fourth-order valence-electron chi connectivity index (χ4n) is 2.06. The number of nitrogens with zero attached hydrogens (tertiary/aromatic N) is 1. The summed E-state index contributed by atoms with van der Waals surface area (Å²) in [6, 6.07) is 6.06. The van der Waals surface area contributed by atoms with Crippen LogP contribution in [0.5, 0.6) is 0 Å². The Morgan fingerprint density at radius 2 is 1.81 bits per heavy atom. The van der Waals surface area contributed by atoms with Gasteiger partial charge in [-0.15, -0.1) is 0 Å². The molecular weight excluding hydrogens is 200 g/mol. The summed E-state index contributed by atoms with van der Waals surface area (Å²) in [6.07, 6.45) is 2.87. The molecule has 0 aromatic heterocycles. The minimum Gasteiger partial charge on any atom is -0.302 e. The molecule has 1 atom stereocenters. The fourth-order valence-corrected chi connectivity index (χ4v) is 2.06. The number of anilines is 1. The molecule has 1 N–H and O–H groups in total. The molecule has 3 nitrogen and oxygen atoms in total. The predicted molar refractivity (Wildman–Crippen MR) is 65.1 cm³/mol. The van der Waals surface area contributed by atoms with E-state index in [1.54, 1.807) is 0 Å². The molecule has 2 rings (SSSR count). The molecule has 1 aliphatic rings. The van der Waals surface area contributed by atoms with Crippen LogP contribution in [0.15, 0.2) is 30.0 Å². The number of hydrogen-bond acceptors (Lipinski definition) is 3. The number of rotatable bonds is 2. The quantitative estimate of drug-likeness (QED) is 0.768.